The van der Waals surface area contributed by atoms with Crippen molar-refractivity contribution in [2.24, 2.45) is 5.73 Å². The summed E-state index contributed by atoms with van der Waals surface area (Å²) >= 11 is 0. The molecule has 1 aromatic carbocycles. The van der Waals surface area contributed by atoms with Crippen molar-refractivity contribution in [2.45, 2.75) is 82.5 Å². The first-order valence-electron chi connectivity index (χ1n) is 15.2. The predicted octanol–water partition coefficient (Wildman–Crippen LogP) is 2.86. The van der Waals surface area contributed by atoms with Gasteiger partial charge in [0.25, 0.3) is 5.91 Å². The molecule has 1 aromatic heterocycles. The Balaban J connectivity index is 1.22. The second-order valence-electron chi connectivity index (χ2n) is 11.7. The van der Waals surface area contributed by atoms with Crippen LogP contribution in [0.2, 0.25) is 0 Å². The van der Waals surface area contributed by atoms with Crippen molar-refractivity contribution in [2.75, 3.05) is 41.8 Å². The molecule has 0 unspecified atom stereocenters. The van der Waals surface area contributed by atoms with Gasteiger partial charge in [-0.05, 0) is 56.7 Å². The van der Waals surface area contributed by atoms with Crippen LogP contribution in [0, 0.1) is 5.82 Å². The lowest BCUT2D eigenvalue weighted by molar-refractivity contribution is -0.138. The number of hydrogen-bond donors (Lipinski definition) is 4. The average Bonchev–Trinajstić information content (AvgIpc) is 3.53. The highest BCUT2D eigenvalue weighted by atomic mass is 19.1. The number of likely N-dealkylation sites (tertiary alicyclic amines) is 1. The number of nitrogens with one attached hydrogen (secondary N) is 2. The van der Waals surface area contributed by atoms with Crippen molar-refractivity contribution in [3.05, 3.63) is 35.8 Å². The number of halogens is 1. The SMILES string of the molecule is CC[C@@H]1C(=O)N(C)c2cnc(Nc3ccc(C(=O)NC4CCN(CC[C@H](N)C(=O)O)CC4)cc3F)nc2N1C1CCCC1. The number of aromatic nitrogens is 2. The minimum Gasteiger partial charge on any atom is -0.480 e. The maximum Gasteiger partial charge on any atom is 0.320 e. The number of hydrogen-bond acceptors (Lipinski definition) is 9. The summed E-state index contributed by atoms with van der Waals surface area (Å²) < 4.78 is 15.2. The van der Waals surface area contributed by atoms with Crippen LogP contribution in [-0.4, -0.2) is 88.6 Å². The largest absolute Gasteiger partial charge is 0.480 e. The number of fused-ring (bicyclic) bond motifs is 1. The van der Waals surface area contributed by atoms with Crippen molar-refractivity contribution in [1.29, 1.82) is 0 Å². The van der Waals surface area contributed by atoms with Crippen LogP contribution in [0.3, 0.4) is 0 Å². The van der Waals surface area contributed by atoms with Gasteiger partial charge >= 0.3 is 5.97 Å². The standard InChI is InChI=1S/C30H41FN8O4/c1-3-24-28(41)37(2)25-17-33-30(36-26(25)39(24)20-6-4-5-7-20)35-23-9-8-18(16-21(23)31)27(40)34-19-10-13-38(14-11-19)15-12-22(32)29(42)43/h8-9,16-17,19-20,22,24H,3-7,10-15,32H2,1-2H3,(H,34,40)(H,42,43)(H,33,35,36)/t22-,24+/m0/s1. The van der Waals surface area contributed by atoms with Crippen LogP contribution in [0.25, 0.3) is 0 Å². The van der Waals surface area contributed by atoms with Gasteiger partial charge in [0.15, 0.2) is 5.82 Å². The van der Waals surface area contributed by atoms with Crippen LogP contribution in [0.5, 0.6) is 0 Å². The van der Waals surface area contributed by atoms with Gasteiger partial charge in [-0.1, -0.05) is 19.8 Å². The second-order valence-corrected chi connectivity index (χ2v) is 11.7. The summed E-state index contributed by atoms with van der Waals surface area (Å²) in [6.45, 7) is 4.03. The lowest BCUT2D eigenvalue weighted by Gasteiger charge is -2.43. The Morgan fingerprint density at radius 3 is 2.56 bits per heavy atom. The van der Waals surface area contributed by atoms with Crippen LogP contribution in [0.1, 0.15) is 68.6 Å². The number of rotatable bonds is 10. The Morgan fingerprint density at radius 1 is 1.19 bits per heavy atom. The molecule has 232 valence electrons. The molecular formula is C30H41FN8O4. The van der Waals surface area contributed by atoms with Gasteiger partial charge in [-0.15, -0.1) is 0 Å². The molecule has 3 aliphatic rings. The number of nitrogens with zero attached hydrogens (tertiary/aromatic N) is 5. The van der Waals surface area contributed by atoms with Gasteiger partial charge in [-0.25, -0.2) is 9.37 Å². The summed E-state index contributed by atoms with van der Waals surface area (Å²) in [5, 5.41) is 14.9. The Bertz CT molecular complexity index is 1350. The van der Waals surface area contributed by atoms with Gasteiger partial charge < -0.3 is 36.2 Å². The Kier molecular flexibility index (Phi) is 9.40. The van der Waals surface area contributed by atoms with E-state index < -0.39 is 17.8 Å². The Hall–Kier alpha value is -3.84. The monoisotopic (exact) mass is 596 g/mol. The molecule has 1 aliphatic carbocycles. The average molecular weight is 597 g/mol. The van der Waals surface area contributed by atoms with Crippen LogP contribution < -0.4 is 26.2 Å². The number of likely N-dealkylation sites (N-methyl/N-ethyl adjacent to an activating group) is 1. The van der Waals surface area contributed by atoms with Crippen LogP contribution in [0.15, 0.2) is 24.4 Å². The van der Waals surface area contributed by atoms with Gasteiger partial charge in [-0.3, -0.25) is 14.4 Å². The van der Waals surface area contributed by atoms with Crippen molar-refractivity contribution in [3.8, 4) is 0 Å². The fourth-order valence-corrected chi connectivity index (χ4v) is 6.34. The van der Waals surface area contributed by atoms with Crippen molar-refractivity contribution < 1.29 is 23.9 Å². The molecule has 0 radical (unpaired) electrons. The molecule has 3 heterocycles. The number of nitrogens with two attached hydrogens (primary N) is 1. The molecule has 0 spiro atoms. The Morgan fingerprint density at radius 2 is 1.91 bits per heavy atom. The van der Waals surface area contributed by atoms with Gasteiger partial charge in [-0.2, -0.15) is 4.98 Å². The van der Waals surface area contributed by atoms with Gasteiger partial charge in [0, 0.05) is 44.3 Å². The van der Waals surface area contributed by atoms with Crippen LogP contribution in [0.4, 0.5) is 27.5 Å². The lowest BCUT2D eigenvalue weighted by atomic mass is 10.0. The topological polar surface area (TPSA) is 157 Å². The maximum absolute atomic E-state index is 15.2. The van der Waals surface area contributed by atoms with Gasteiger partial charge in [0.1, 0.15) is 23.6 Å². The van der Waals surface area contributed by atoms with Crippen LogP contribution >= 0.6 is 0 Å². The number of carboxylic acid groups (broad SMARTS) is 1. The summed E-state index contributed by atoms with van der Waals surface area (Å²) in [4.78, 5) is 51.9. The smallest absolute Gasteiger partial charge is 0.320 e. The van der Waals surface area contributed by atoms with E-state index in [9.17, 15) is 14.4 Å². The number of carboxylic acids is 1. The zero-order valence-corrected chi connectivity index (χ0v) is 24.8. The molecule has 2 aromatic rings. The van der Waals surface area contributed by atoms with Crippen molar-refractivity contribution >= 4 is 40.9 Å². The summed E-state index contributed by atoms with van der Waals surface area (Å²) in [6, 6.07) is 3.24. The van der Waals surface area contributed by atoms with E-state index >= 15 is 4.39 Å². The number of aliphatic carboxylic acids is 1. The molecule has 43 heavy (non-hydrogen) atoms. The summed E-state index contributed by atoms with van der Waals surface area (Å²) in [5.41, 5.74) is 6.58. The molecule has 1 saturated carbocycles. The first-order chi connectivity index (χ1) is 20.7. The summed E-state index contributed by atoms with van der Waals surface area (Å²) in [7, 11) is 1.73. The molecule has 5 rings (SSSR count). The first kappa shape index (κ1) is 30.6. The highest BCUT2D eigenvalue weighted by Crippen LogP contribution is 2.40. The van der Waals surface area contributed by atoms with E-state index in [2.05, 4.69) is 25.4 Å². The van der Waals surface area contributed by atoms with Gasteiger partial charge in [0.05, 0.1) is 11.9 Å². The van der Waals surface area contributed by atoms with Gasteiger partial charge in [0.2, 0.25) is 11.9 Å². The zero-order valence-electron chi connectivity index (χ0n) is 24.8. The molecule has 5 N–H and O–H groups in total. The molecule has 13 heteroatoms. The normalized spacial score (nSPS) is 20.7. The number of benzene rings is 1. The molecule has 1 saturated heterocycles. The third kappa shape index (κ3) is 6.72. The fraction of sp³-hybridized carbons (Fsp3) is 0.567. The van der Waals surface area contributed by atoms with E-state index in [0.29, 0.717) is 43.7 Å². The van der Waals surface area contributed by atoms with E-state index in [1.807, 2.05) is 6.92 Å². The number of carbonyl (C=O) groups excluding carboxylic acids is 2. The van der Waals surface area contributed by atoms with E-state index in [1.165, 1.54) is 12.1 Å². The zero-order chi connectivity index (χ0) is 30.7. The van der Waals surface area contributed by atoms with E-state index in [0.717, 1.165) is 38.8 Å². The molecule has 2 aliphatic heterocycles. The Labute approximate surface area is 250 Å². The third-order valence-electron chi connectivity index (χ3n) is 8.89. The number of anilines is 4. The quantitative estimate of drug-likeness (QED) is 0.322. The first-order valence-corrected chi connectivity index (χ1v) is 15.2. The lowest BCUT2D eigenvalue weighted by Crippen LogP contribution is -2.55. The highest BCUT2D eigenvalue weighted by Gasteiger charge is 2.41. The third-order valence-corrected chi connectivity index (χ3v) is 8.89. The predicted molar refractivity (Wildman–Crippen MR) is 161 cm³/mol. The number of carbonyl (C=O) groups is 3. The second kappa shape index (κ2) is 13.2. The summed E-state index contributed by atoms with van der Waals surface area (Å²) in [6.07, 6.45) is 8.27. The van der Waals surface area contributed by atoms with E-state index in [1.54, 1.807) is 24.2 Å². The molecular weight excluding hydrogens is 555 g/mol. The van der Waals surface area contributed by atoms with Crippen molar-refractivity contribution in [1.82, 2.24) is 20.2 Å². The summed E-state index contributed by atoms with van der Waals surface area (Å²) in [5.74, 6) is -1.06. The van der Waals surface area contributed by atoms with Crippen molar-refractivity contribution in [3.63, 3.8) is 0 Å². The van der Waals surface area contributed by atoms with Crippen LogP contribution in [-0.2, 0) is 9.59 Å². The molecule has 2 amide bonds. The number of piperidine rings is 1. The fourth-order valence-electron chi connectivity index (χ4n) is 6.34. The van der Waals surface area contributed by atoms with E-state index in [4.69, 9.17) is 15.8 Å². The molecule has 2 fully saturated rings. The molecule has 12 nitrogen and oxygen atoms in total. The minimum atomic E-state index is -1.01. The highest BCUT2D eigenvalue weighted by molar-refractivity contribution is 6.04. The molecule has 0 bridgehead atoms. The number of amides is 2. The molecule has 2 atom stereocenters. The van der Waals surface area contributed by atoms with E-state index in [-0.39, 0.29) is 47.1 Å². The maximum atomic E-state index is 15.2. The minimum absolute atomic E-state index is 0.0251.